The molecule has 7 nitrogen and oxygen atoms in total. The van der Waals surface area contributed by atoms with Crippen LogP contribution in [0.4, 0.5) is 5.69 Å². The van der Waals surface area contributed by atoms with Crippen LogP contribution in [0.15, 0.2) is 53.7 Å². The van der Waals surface area contributed by atoms with Crippen LogP contribution >= 0.6 is 11.8 Å². The Morgan fingerprint density at radius 1 is 1.19 bits per heavy atom. The number of nitro benzene ring substituents is 1. The van der Waals surface area contributed by atoms with Crippen molar-refractivity contribution in [1.29, 1.82) is 0 Å². The molecule has 1 heterocycles. The molecule has 0 aliphatic rings. The van der Waals surface area contributed by atoms with Crippen molar-refractivity contribution >= 4 is 17.4 Å². The van der Waals surface area contributed by atoms with Gasteiger partial charge in [0, 0.05) is 24.4 Å². The zero-order valence-electron chi connectivity index (χ0n) is 15.2. The molecule has 0 spiro atoms. The van der Waals surface area contributed by atoms with Gasteiger partial charge < -0.3 is 9.30 Å². The van der Waals surface area contributed by atoms with Crippen molar-refractivity contribution in [3.63, 3.8) is 0 Å². The highest BCUT2D eigenvalue weighted by Crippen LogP contribution is 2.24. The second kappa shape index (κ2) is 8.68. The fraction of sp³-hybridized carbons (Fsp3) is 0.263. The van der Waals surface area contributed by atoms with Crippen LogP contribution in [-0.2, 0) is 18.9 Å². The topological polar surface area (TPSA) is 83.1 Å². The Kier molecular flexibility index (Phi) is 6.08. The van der Waals surface area contributed by atoms with Gasteiger partial charge in [0.25, 0.3) is 5.69 Å². The SMILES string of the molecule is CCn1c(COc2cccc(C)c2)nnc1SCc1ccc([N+](=O)[O-])cc1. The van der Waals surface area contributed by atoms with E-state index in [0.29, 0.717) is 12.4 Å². The van der Waals surface area contributed by atoms with E-state index in [1.807, 2.05) is 42.7 Å². The van der Waals surface area contributed by atoms with Gasteiger partial charge in [-0.1, -0.05) is 36.0 Å². The van der Waals surface area contributed by atoms with Crippen molar-refractivity contribution in [2.75, 3.05) is 0 Å². The van der Waals surface area contributed by atoms with Gasteiger partial charge in [-0.25, -0.2) is 0 Å². The zero-order valence-corrected chi connectivity index (χ0v) is 16.0. The lowest BCUT2D eigenvalue weighted by atomic mass is 10.2. The lowest BCUT2D eigenvalue weighted by molar-refractivity contribution is -0.384. The van der Waals surface area contributed by atoms with Crippen molar-refractivity contribution in [2.24, 2.45) is 0 Å². The van der Waals surface area contributed by atoms with Gasteiger partial charge >= 0.3 is 0 Å². The number of aromatic nitrogens is 3. The second-order valence-electron chi connectivity index (χ2n) is 5.96. The molecule has 27 heavy (non-hydrogen) atoms. The van der Waals surface area contributed by atoms with E-state index in [4.69, 9.17) is 4.74 Å². The van der Waals surface area contributed by atoms with E-state index in [0.717, 1.165) is 34.4 Å². The maximum atomic E-state index is 10.7. The first-order valence-electron chi connectivity index (χ1n) is 8.54. The minimum Gasteiger partial charge on any atom is -0.486 e. The van der Waals surface area contributed by atoms with Crippen molar-refractivity contribution in [1.82, 2.24) is 14.8 Å². The second-order valence-corrected chi connectivity index (χ2v) is 6.90. The first-order valence-corrected chi connectivity index (χ1v) is 9.53. The third kappa shape index (κ3) is 4.85. The summed E-state index contributed by atoms with van der Waals surface area (Å²) in [5.41, 5.74) is 2.23. The van der Waals surface area contributed by atoms with Crippen LogP contribution in [0.3, 0.4) is 0 Å². The summed E-state index contributed by atoms with van der Waals surface area (Å²) in [5.74, 6) is 2.24. The minimum absolute atomic E-state index is 0.0936. The van der Waals surface area contributed by atoms with Gasteiger partial charge in [-0.15, -0.1) is 10.2 Å². The maximum Gasteiger partial charge on any atom is 0.269 e. The number of nitrogens with zero attached hydrogens (tertiary/aromatic N) is 4. The summed E-state index contributed by atoms with van der Waals surface area (Å²) in [6, 6.07) is 14.4. The molecule has 0 atom stereocenters. The van der Waals surface area contributed by atoms with E-state index in [2.05, 4.69) is 10.2 Å². The smallest absolute Gasteiger partial charge is 0.269 e. The van der Waals surface area contributed by atoms with Gasteiger partial charge in [-0.05, 0) is 37.1 Å². The van der Waals surface area contributed by atoms with Gasteiger partial charge in [0.15, 0.2) is 11.0 Å². The number of hydrogen-bond donors (Lipinski definition) is 0. The number of hydrogen-bond acceptors (Lipinski definition) is 6. The Hall–Kier alpha value is -2.87. The summed E-state index contributed by atoms with van der Waals surface area (Å²) >= 11 is 1.55. The summed E-state index contributed by atoms with van der Waals surface area (Å²) in [6.45, 7) is 5.15. The molecule has 0 unspecified atom stereocenters. The Morgan fingerprint density at radius 2 is 1.96 bits per heavy atom. The number of benzene rings is 2. The third-order valence-corrected chi connectivity index (χ3v) is 5.02. The number of aryl methyl sites for hydroxylation is 1. The standard InChI is InChI=1S/C19H20N4O3S/c1-3-22-18(12-26-17-6-4-5-14(2)11-17)20-21-19(22)27-13-15-7-9-16(10-8-15)23(24)25/h4-11H,3,12-13H2,1-2H3. The van der Waals surface area contributed by atoms with Crippen LogP contribution < -0.4 is 4.74 Å². The maximum absolute atomic E-state index is 10.7. The normalized spacial score (nSPS) is 10.7. The molecule has 3 rings (SSSR count). The van der Waals surface area contributed by atoms with E-state index in [-0.39, 0.29) is 5.69 Å². The van der Waals surface area contributed by atoms with E-state index >= 15 is 0 Å². The summed E-state index contributed by atoms with van der Waals surface area (Å²) in [5, 5.41) is 20.0. The number of non-ortho nitro benzene ring substituents is 1. The highest BCUT2D eigenvalue weighted by molar-refractivity contribution is 7.98. The molecule has 1 aromatic heterocycles. The van der Waals surface area contributed by atoms with Crippen molar-refractivity contribution in [2.45, 2.75) is 37.9 Å². The van der Waals surface area contributed by atoms with Crippen LogP contribution in [0.2, 0.25) is 0 Å². The van der Waals surface area contributed by atoms with Crippen molar-refractivity contribution in [3.05, 3.63) is 75.6 Å². The molecule has 0 fully saturated rings. The molecule has 0 aliphatic carbocycles. The van der Waals surface area contributed by atoms with Gasteiger partial charge in [-0.3, -0.25) is 10.1 Å². The highest BCUT2D eigenvalue weighted by atomic mass is 32.2. The Balaban J connectivity index is 1.63. The summed E-state index contributed by atoms with van der Waals surface area (Å²) in [7, 11) is 0. The third-order valence-electron chi connectivity index (χ3n) is 3.98. The molecule has 0 saturated carbocycles. The quantitative estimate of drug-likeness (QED) is 0.325. The number of thioether (sulfide) groups is 1. The van der Waals surface area contributed by atoms with E-state index in [9.17, 15) is 10.1 Å². The molecule has 0 aliphatic heterocycles. The summed E-state index contributed by atoms with van der Waals surface area (Å²) in [6.07, 6.45) is 0. The van der Waals surface area contributed by atoms with Crippen LogP contribution in [0.25, 0.3) is 0 Å². The molecule has 0 bridgehead atoms. The Morgan fingerprint density at radius 3 is 2.63 bits per heavy atom. The van der Waals surface area contributed by atoms with Crippen molar-refractivity contribution in [3.8, 4) is 5.75 Å². The van der Waals surface area contributed by atoms with Crippen LogP contribution in [-0.4, -0.2) is 19.7 Å². The Labute approximate surface area is 161 Å². The van der Waals surface area contributed by atoms with E-state index < -0.39 is 4.92 Å². The molecular formula is C19H20N4O3S. The monoisotopic (exact) mass is 384 g/mol. The average Bonchev–Trinajstić information content (AvgIpc) is 3.07. The number of ether oxygens (including phenoxy) is 1. The average molecular weight is 384 g/mol. The predicted molar refractivity (Wildman–Crippen MR) is 104 cm³/mol. The summed E-state index contributed by atoms with van der Waals surface area (Å²) < 4.78 is 7.85. The minimum atomic E-state index is -0.398. The van der Waals surface area contributed by atoms with E-state index in [1.54, 1.807) is 23.9 Å². The molecule has 0 radical (unpaired) electrons. The van der Waals surface area contributed by atoms with Crippen molar-refractivity contribution < 1.29 is 9.66 Å². The van der Waals surface area contributed by atoms with Crippen LogP contribution in [0.1, 0.15) is 23.9 Å². The number of rotatable bonds is 8. The first kappa shape index (κ1) is 18.9. The molecule has 8 heteroatoms. The fourth-order valence-corrected chi connectivity index (χ4v) is 3.54. The van der Waals surface area contributed by atoms with Crippen LogP contribution in [0, 0.1) is 17.0 Å². The van der Waals surface area contributed by atoms with Gasteiger partial charge in [-0.2, -0.15) is 0 Å². The molecule has 140 valence electrons. The molecule has 0 N–H and O–H groups in total. The van der Waals surface area contributed by atoms with Crippen LogP contribution in [0.5, 0.6) is 5.75 Å². The molecule has 0 amide bonds. The predicted octanol–water partition coefficient (Wildman–Crippen LogP) is 4.39. The molecule has 2 aromatic carbocycles. The Bertz CT molecular complexity index is 925. The lowest BCUT2D eigenvalue weighted by Crippen LogP contribution is -2.07. The molecular weight excluding hydrogens is 364 g/mol. The molecule has 0 saturated heterocycles. The largest absolute Gasteiger partial charge is 0.486 e. The van der Waals surface area contributed by atoms with E-state index in [1.165, 1.54) is 12.1 Å². The highest BCUT2D eigenvalue weighted by Gasteiger charge is 2.13. The van der Waals surface area contributed by atoms with Gasteiger partial charge in [0.1, 0.15) is 12.4 Å². The number of nitro groups is 1. The molecule has 3 aromatic rings. The lowest BCUT2D eigenvalue weighted by Gasteiger charge is -2.09. The van der Waals surface area contributed by atoms with Gasteiger partial charge in [0.2, 0.25) is 0 Å². The fourth-order valence-electron chi connectivity index (χ4n) is 2.56. The summed E-state index contributed by atoms with van der Waals surface area (Å²) in [4.78, 5) is 10.3. The first-order chi connectivity index (χ1) is 13.1. The van der Waals surface area contributed by atoms with Gasteiger partial charge in [0.05, 0.1) is 4.92 Å². The zero-order chi connectivity index (χ0) is 19.2.